The Hall–Kier alpha value is -2.28. The number of hydrogen-bond donors (Lipinski definition) is 1. The molecule has 1 N–H and O–H groups in total. The van der Waals surface area contributed by atoms with Crippen molar-refractivity contribution in [1.29, 1.82) is 5.26 Å². The van der Waals surface area contributed by atoms with Gasteiger partial charge in [-0.25, -0.2) is 13.1 Å². The summed E-state index contributed by atoms with van der Waals surface area (Å²) < 4.78 is 33.9. The van der Waals surface area contributed by atoms with Gasteiger partial charge in [-0.15, -0.1) is 0 Å². The lowest BCUT2D eigenvalue weighted by atomic mass is 10.1. The van der Waals surface area contributed by atoms with Gasteiger partial charge in [0.15, 0.2) is 0 Å². The highest BCUT2D eigenvalue weighted by molar-refractivity contribution is 7.89. The van der Waals surface area contributed by atoms with Crippen LogP contribution >= 0.6 is 0 Å². The molecule has 0 amide bonds. The molecule has 0 aromatic heterocycles. The van der Waals surface area contributed by atoms with Crippen molar-refractivity contribution in [3.8, 4) is 6.07 Å². The summed E-state index contributed by atoms with van der Waals surface area (Å²) in [4.78, 5) is 4.96. The summed E-state index contributed by atoms with van der Waals surface area (Å²) in [7, 11) is -3.55. The molecule has 2 heterocycles. The fourth-order valence-electron chi connectivity index (χ4n) is 4.31. The molecule has 2 fully saturated rings. The second-order valence-electron chi connectivity index (χ2n) is 8.20. The number of ether oxygens (including phenoxy) is 1. The van der Waals surface area contributed by atoms with Gasteiger partial charge in [-0.3, -0.25) is 9.80 Å². The molecule has 8 heteroatoms. The second-order valence-corrected chi connectivity index (χ2v) is 9.96. The van der Waals surface area contributed by atoms with E-state index in [-0.39, 0.29) is 23.5 Å². The lowest BCUT2D eigenvalue weighted by Gasteiger charge is -2.46. The maximum absolute atomic E-state index is 12.5. The molecule has 2 unspecified atom stereocenters. The Balaban J connectivity index is 1.25. The molecule has 0 radical (unpaired) electrons. The molecule has 2 aliphatic heterocycles. The number of benzene rings is 2. The standard InChI is InChI=1S/C23H28N4O3S/c24-11-10-19-6-8-23(9-7-19)31(28,29)25-12-13-26-15-21-17-27(18-22(16-26)30-21)14-20-4-2-1-3-5-20/h1-9,21-22,25H,10,12-18H2. The van der Waals surface area contributed by atoms with E-state index in [1.54, 1.807) is 24.3 Å². The van der Waals surface area contributed by atoms with Crippen LogP contribution in [0.25, 0.3) is 0 Å². The van der Waals surface area contributed by atoms with E-state index in [9.17, 15) is 8.42 Å². The van der Waals surface area contributed by atoms with Gasteiger partial charge in [0, 0.05) is 45.8 Å². The second kappa shape index (κ2) is 9.90. The number of nitrogens with zero attached hydrogens (tertiary/aromatic N) is 3. The van der Waals surface area contributed by atoms with Crippen molar-refractivity contribution in [2.45, 2.75) is 30.1 Å². The monoisotopic (exact) mass is 440 g/mol. The summed E-state index contributed by atoms with van der Waals surface area (Å²) in [6, 6.07) is 19.0. The van der Waals surface area contributed by atoms with Gasteiger partial charge in [-0.1, -0.05) is 42.5 Å². The van der Waals surface area contributed by atoms with Gasteiger partial charge in [0.05, 0.1) is 29.6 Å². The lowest BCUT2D eigenvalue weighted by Crippen LogP contribution is -2.59. The first kappa shape index (κ1) is 21.9. The number of fused-ring (bicyclic) bond motifs is 2. The van der Waals surface area contributed by atoms with Gasteiger partial charge in [0.1, 0.15) is 0 Å². The van der Waals surface area contributed by atoms with Crippen molar-refractivity contribution in [1.82, 2.24) is 14.5 Å². The first-order chi connectivity index (χ1) is 15.0. The number of rotatable bonds is 8. The molecule has 0 spiro atoms. The minimum Gasteiger partial charge on any atom is -0.370 e. The van der Waals surface area contributed by atoms with E-state index in [1.807, 2.05) is 6.07 Å². The normalized spacial score (nSPS) is 22.2. The number of sulfonamides is 1. The third-order valence-corrected chi connectivity index (χ3v) is 7.20. The van der Waals surface area contributed by atoms with Crippen LogP contribution in [0.5, 0.6) is 0 Å². The highest BCUT2D eigenvalue weighted by Crippen LogP contribution is 2.20. The molecule has 2 atom stereocenters. The fraction of sp³-hybridized carbons (Fsp3) is 0.435. The quantitative estimate of drug-likeness (QED) is 0.671. The van der Waals surface area contributed by atoms with E-state index in [0.717, 1.165) is 38.3 Å². The molecule has 31 heavy (non-hydrogen) atoms. The van der Waals surface area contributed by atoms with E-state index in [0.29, 0.717) is 13.1 Å². The Kier molecular flexibility index (Phi) is 7.00. The van der Waals surface area contributed by atoms with Crippen LogP contribution in [0, 0.1) is 11.3 Å². The summed E-state index contributed by atoms with van der Waals surface area (Å²) in [5.74, 6) is 0. The molecule has 2 bridgehead atoms. The lowest BCUT2D eigenvalue weighted by molar-refractivity contribution is -0.139. The van der Waals surface area contributed by atoms with Crippen molar-refractivity contribution in [3.05, 3.63) is 65.7 Å². The zero-order chi connectivity index (χ0) is 21.7. The Morgan fingerprint density at radius 1 is 0.935 bits per heavy atom. The van der Waals surface area contributed by atoms with E-state index in [4.69, 9.17) is 10.00 Å². The van der Waals surface area contributed by atoms with Gasteiger partial charge < -0.3 is 4.74 Å². The topological polar surface area (TPSA) is 85.7 Å². The van der Waals surface area contributed by atoms with Crippen LogP contribution in [0.4, 0.5) is 0 Å². The average Bonchev–Trinajstić information content (AvgIpc) is 2.74. The van der Waals surface area contributed by atoms with Crippen molar-refractivity contribution in [2.75, 3.05) is 39.3 Å². The third kappa shape index (κ3) is 5.91. The smallest absolute Gasteiger partial charge is 0.240 e. The van der Waals surface area contributed by atoms with Crippen molar-refractivity contribution >= 4 is 10.0 Å². The molecule has 0 saturated carbocycles. The molecule has 0 aliphatic carbocycles. The van der Waals surface area contributed by atoms with Crippen molar-refractivity contribution in [2.24, 2.45) is 0 Å². The number of nitrogens with one attached hydrogen (secondary N) is 1. The van der Waals surface area contributed by atoms with Crippen molar-refractivity contribution in [3.63, 3.8) is 0 Å². The Bertz CT molecular complexity index is 991. The highest BCUT2D eigenvalue weighted by atomic mass is 32.2. The van der Waals surface area contributed by atoms with Crippen LogP contribution in [0.15, 0.2) is 59.5 Å². The van der Waals surface area contributed by atoms with Crippen LogP contribution in [0.1, 0.15) is 11.1 Å². The van der Waals surface area contributed by atoms with Gasteiger partial charge in [0.25, 0.3) is 0 Å². The number of morpholine rings is 2. The van der Waals surface area contributed by atoms with E-state index < -0.39 is 10.0 Å². The van der Waals surface area contributed by atoms with Gasteiger partial charge >= 0.3 is 0 Å². The van der Waals surface area contributed by atoms with Crippen molar-refractivity contribution < 1.29 is 13.2 Å². The number of nitriles is 1. The van der Waals surface area contributed by atoms with Crippen LogP contribution in [-0.4, -0.2) is 69.7 Å². The molecule has 2 saturated heterocycles. The predicted octanol–water partition coefficient (Wildman–Crippen LogP) is 1.62. The first-order valence-corrected chi connectivity index (χ1v) is 12.1. The van der Waals surface area contributed by atoms with E-state index >= 15 is 0 Å². The maximum Gasteiger partial charge on any atom is 0.240 e. The minimum absolute atomic E-state index is 0.153. The molecular formula is C23H28N4O3S. The SMILES string of the molecule is N#CCc1ccc(S(=O)(=O)NCCN2CC3CN(Cc4ccccc4)CC(C2)O3)cc1. The Labute approximate surface area is 184 Å². The van der Waals surface area contributed by atoms with Gasteiger partial charge in [-0.05, 0) is 23.3 Å². The molecule has 164 valence electrons. The zero-order valence-corrected chi connectivity index (χ0v) is 18.3. The van der Waals surface area contributed by atoms with E-state index in [2.05, 4.69) is 44.9 Å². The Morgan fingerprint density at radius 3 is 2.23 bits per heavy atom. The molecule has 2 aromatic rings. The average molecular weight is 441 g/mol. The minimum atomic E-state index is -3.55. The summed E-state index contributed by atoms with van der Waals surface area (Å²) in [6.45, 7) is 5.35. The zero-order valence-electron chi connectivity index (χ0n) is 17.5. The summed E-state index contributed by atoms with van der Waals surface area (Å²) in [5, 5.41) is 8.73. The number of hydrogen-bond acceptors (Lipinski definition) is 6. The largest absolute Gasteiger partial charge is 0.370 e. The van der Waals surface area contributed by atoms with Crippen LogP contribution < -0.4 is 4.72 Å². The van der Waals surface area contributed by atoms with E-state index in [1.165, 1.54) is 5.56 Å². The van der Waals surface area contributed by atoms with Gasteiger partial charge in [-0.2, -0.15) is 5.26 Å². The summed E-state index contributed by atoms with van der Waals surface area (Å²) in [5.41, 5.74) is 2.12. The fourth-order valence-corrected chi connectivity index (χ4v) is 5.33. The Morgan fingerprint density at radius 2 is 1.58 bits per heavy atom. The van der Waals surface area contributed by atoms with Gasteiger partial charge in [0.2, 0.25) is 10.0 Å². The molecule has 2 aromatic carbocycles. The predicted molar refractivity (Wildman–Crippen MR) is 118 cm³/mol. The van der Waals surface area contributed by atoms with Crippen LogP contribution in [-0.2, 0) is 27.7 Å². The molecule has 7 nitrogen and oxygen atoms in total. The summed E-state index contributed by atoms with van der Waals surface area (Å²) in [6.07, 6.45) is 0.580. The summed E-state index contributed by atoms with van der Waals surface area (Å²) >= 11 is 0. The molecule has 2 aliphatic rings. The van der Waals surface area contributed by atoms with Crippen LogP contribution in [0.2, 0.25) is 0 Å². The third-order valence-electron chi connectivity index (χ3n) is 5.72. The first-order valence-electron chi connectivity index (χ1n) is 10.6. The molecular weight excluding hydrogens is 412 g/mol. The van der Waals surface area contributed by atoms with Crippen LogP contribution in [0.3, 0.4) is 0 Å². The maximum atomic E-state index is 12.5. The molecule has 4 rings (SSSR count). The highest BCUT2D eigenvalue weighted by Gasteiger charge is 2.34.